The molecular weight excluding hydrogens is 568 g/mol. The molecule has 0 spiro atoms. The first-order chi connectivity index (χ1) is 19.4. The number of hydrogen-bond acceptors (Lipinski definition) is 4. The summed E-state index contributed by atoms with van der Waals surface area (Å²) < 4.78 is 13.5. The van der Waals surface area contributed by atoms with Crippen LogP contribution in [0, 0.1) is 0 Å². The molecule has 5 aromatic rings. The standard InChI is InChI=1S/C34H31BrO5/c1-3-5-12-27(36)31-26-11-6-7-13-28(26)39-34(31)24-14-17-25-23(20-24)15-18-29(32(25)35)40-33-21(4-2)9-8-10-22(33)16-19-30(37)38/h6-11,13-15,17-18,20H,3-5,12,16,19H2,1-2H3,(H,37,38). The number of carbonyl (C=O) groups excluding carboxylic acids is 1. The van der Waals surface area contributed by atoms with Crippen molar-refractivity contribution in [3.63, 3.8) is 0 Å². The lowest BCUT2D eigenvalue weighted by Crippen LogP contribution is -2.01. The molecule has 0 atom stereocenters. The average Bonchev–Trinajstić information content (AvgIpc) is 3.36. The van der Waals surface area contributed by atoms with Crippen molar-refractivity contribution in [3.05, 3.63) is 94.0 Å². The van der Waals surface area contributed by atoms with Crippen molar-refractivity contribution in [2.75, 3.05) is 0 Å². The van der Waals surface area contributed by atoms with Gasteiger partial charge in [-0.25, -0.2) is 0 Å². The number of fused-ring (bicyclic) bond motifs is 2. The van der Waals surface area contributed by atoms with Gasteiger partial charge in [-0.1, -0.05) is 74.9 Å². The Labute approximate surface area is 241 Å². The van der Waals surface area contributed by atoms with E-state index in [4.69, 9.17) is 9.15 Å². The van der Waals surface area contributed by atoms with Gasteiger partial charge < -0.3 is 14.3 Å². The lowest BCUT2D eigenvalue weighted by atomic mass is 9.97. The fraction of sp³-hybridized carbons (Fsp3) is 0.235. The molecule has 40 heavy (non-hydrogen) atoms. The quantitative estimate of drug-likeness (QED) is 0.153. The van der Waals surface area contributed by atoms with Crippen LogP contribution in [0.15, 0.2) is 81.7 Å². The van der Waals surface area contributed by atoms with Gasteiger partial charge in [-0.3, -0.25) is 9.59 Å². The van der Waals surface area contributed by atoms with Gasteiger partial charge >= 0.3 is 5.97 Å². The summed E-state index contributed by atoms with van der Waals surface area (Å²) in [5.41, 5.74) is 4.09. The minimum absolute atomic E-state index is 0.0376. The number of carbonyl (C=O) groups is 2. The van der Waals surface area contributed by atoms with Gasteiger partial charge in [0.05, 0.1) is 10.0 Å². The number of aryl methyl sites for hydroxylation is 2. The molecular formula is C34H31BrO5. The molecule has 6 heteroatoms. The molecule has 0 amide bonds. The first kappa shape index (κ1) is 27.7. The number of rotatable bonds is 11. The maximum Gasteiger partial charge on any atom is 0.303 e. The summed E-state index contributed by atoms with van der Waals surface area (Å²) in [5.74, 6) is 1.22. The van der Waals surface area contributed by atoms with Crippen LogP contribution in [0.1, 0.15) is 61.0 Å². The summed E-state index contributed by atoms with van der Waals surface area (Å²) in [6, 6.07) is 23.5. The predicted molar refractivity (Wildman–Crippen MR) is 163 cm³/mol. The molecule has 0 saturated heterocycles. The Bertz CT molecular complexity index is 1720. The number of unbranched alkanes of at least 4 members (excludes halogenated alkanes) is 1. The zero-order valence-electron chi connectivity index (χ0n) is 22.6. The van der Waals surface area contributed by atoms with Gasteiger partial charge in [0.2, 0.25) is 0 Å². The summed E-state index contributed by atoms with van der Waals surface area (Å²) in [4.78, 5) is 24.5. The normalized spacial score (nSPS) is 11.3. The summed E-state index contributed by atoms with van der Waals surface area (Å²) >= 11 is 3.75. The van der Waals surface area contributed by atoms with Crippen molar-refractivity contribution in [3.8, 4) is 22.8 Å². The van der Waals surface area contributed by atoms with Crippen LogP contribution in [0.2, 0.25) is 0 Å². The second-order valence-corrected chi connectivity index (χ2v) is 10.7. The molecule has 0 radical (unpaired) electrons. The van der Waals surface area contributed by atoms with Crippen molar-refractivity contribution in [2.45, 2.75) is 52.4 Å². The molecule has 1 N–H and O–H groups in total. The van der Waals surface area contributed by atoms with Crippen molar-refractivity contribution >= 4 is 49.4 Å². The highest BCUT2D eigenvalue weighted by Crippen LogP contribution is 2.41. The molecule has 0 aliphatic rings. The first-order valence-corrected chi connectivity index (χ1v) is 14.5. The topological polar surface area (TPSA) is 76.7 Å². The van der Waals surface area contributed by atoms with E-state index in [-0.39, 0.29) is 12.2 Å². The molecule has 1 heterocycles. The molecule has 5 rings (SSSR count). The smallest absolute Gasteiger partial charge is 0.303 e. The molecule has 0 fully saturated rings. The summed E-state index contributed by atoms with van der Waals surface area (Å²) in [6.07, 6.45) is 3.47. The van der Waals surface area contributed by atoms with Crippen LogP contribution in [0.5, 0.6) is 11.5 Å². The van der Waals surface area contributed by atoms with Gasteiger partial charge in [0.15, 0.2) is 5.78 Å². The van der Waals surface area contributed by atoms with E-state index in [1.54, 1.807) is 0 Å². The van der Waals surface area contributed by atoms with E-state index in [1.165, 1.54) is 0 Å². The molecule has 204 valence electrons. The minimum atomic E-state index is -0.838. The van der Waals surface area contributed by atoms with Gasteiger partial charge in [0.1, 0.15) is 22.8 Å². The Morgan fingerprint density at radius 3 is 2.48 bits per heavy atom. The fourth-order valence-corrected chi connectivity index (χ4v) is 5.65. The number of ketones is 1. The second kappa shape index (κ2) is 12.1. The number of aliphatic carboxylic acids is 1. The third kappa shape index (κ3) is 5.54. The third-order valence-corrected chi connectivity index (χ3v) is 8.01. The van der Waals surface area contributed by atoms with Crippen LogP contribution in [0.4, 0.5) is 0 Å². The number of carboxylic acids is 1. The van der Waals surface area contributed by atoms with E-state index < -0.39 is 5.97 Å². The van der Waals surface area contributed by atoms with Crippen LogP contribution in [0.3, 0.4) is 0 Å². The number of ether oxygens (including phenoxy) is 1. The molecule has 0 aliphatic carbocycles. The highest BCUT2D eigenvalue weighted by molar-refractivity contribution is 9.10. The van der Waals surface area contributed by atoms with Crippen LogP contribution in [-0.4, -0.2) is 16.9 Å². The summed E-state index contributed by atoms with van der Waals surface area (Å²) in [7, 11) is 0. The largest absolute Gasteiger partial charge is 0.481 e. The van der Waals surface area contributed by atoms with Crippen molar-refractivity contribution in [1.82, 2.24) is 0 Å². The minimum Gasteiger partial charge on any atom is -0.481 e. The number of benzene rings is 4. The Hall–Kier alpha value is -3.90. The zero-order valence-corrected chi connectivity index (χ0v) is 24.2. The van der Waals surface area contributed by atoms with Crippen molar-refractivity contribution < 1.29 is 23.8 Å². The van der Waals surface area contributed by atoms with E-state index in [1.807, 2.05) is 72.8 Å². The molecule has 4 aromatic carbocycles. The Kier molecular flexibility index (Phi) is 8.36. The second-order valence-electron chi connectivity index (χ2n) is 9.90. The monoisotopic (exact) mass is 598 g/mol. The van der Waals surface area contributed by atoms with Gasteiger partial charge in [0, 0.05) is 23.8 Å². The fourth-order valence-electron chi connectivity index (χ4n) is 5.08. The average molecular weight is 600 g/mol. The molecule has 0 bridgehead atoms. The van der Waals surface area contributed by atoms with E-state index >= 15 is 0 Å². The summed E-state index contributed by atoms with van der Waals surface area (Å²) in [6.45, 7) is 4.14. The Morgan fingerprint density at radius 2 is 1.70 bits per heavy atom. The number of hydrogen-bond donors (Lipinski definition) is 1. The lowest BCUT2D eigenvalue weighted by Gasteiger charge is -2.17. The Balaban J connectivity index is 1.54. The number of para-hydroxylation sites is 2. The van der Waals surface area contributed by atoms with E-state index in [0.717, 1.165) is 56.6 Å². The molecule has 0 unspecified atom stereocenters. The highest BCUT2D eigenvalue weighted by atomic mass is 79.9. The molecule has 5 nitrogen and oxygen atoms in total. The maximum absolute atomic E-state index is 13.3. The number of furan rings is 1. The highest BCUT2D eigenvalue weighted by Gasteiger charge is 2.22. The predicted octanol–water partition coefficient (Wildman–Crippen LogP) is 9.76. The molecule has 0 aliphatic heterocycles. The Morgan fingerprint density at radius 1 is 0.900 bits per heavy atom. The first-order valence-electron chi connectivity index (χ1n) is 13.7. The van der Waals surface area contributed by atoms with Crippen molar-refractivity contribution in [2.24, 2.45) is 0 Å². The number of carboxylic acid groups (broad SMARTS) is 1. The van der Waals surface area contributed by atoms with Gasteiger partial charge in [0.25, 0.3) is 0 Å². The number of halogens is 1. The zero-order chi connectivity index (χ0) is 28.2. The number of Topliss-reactive ketones (excluding diaryl/α,β-unsaturated/α-hetero) is 1. The van der Waals surface area contributed by atoms with Gasteiger partial charge in [-0.2, -0.15) is 0 Å². The lowest BCUT2D eigenvalue weighted by molar-refractivity contribution is -0.136. The van der Waals surface area contributed by atoms with Crippen LogP contribution >= 0.6 is 15.9 Å². The van der Waals surface area contributed by atoms with Crippen LogP contribution in [-0.2, 0) is 17.6 Å². The summed E-state index contributed by atoms with van der Waals surface area (Å²) in [5, 5.41) is 12.0. The van der Waals surface area contributed by atoms with E-state index in [2.05, 4.69) is 29.8 Å². The maximum atomic E-state index is 13.3. The molecule has 0 saturated carbocycles. The SMILES string of the molecule is CCCCC(=O)c1c(-c2ccc3c(Br)c(Oc4c(CC)cccc4CCC(=O)O)ccc3c2)oc2ccccc12. The van der Waals surface area contributed by atoms with E-state index in [9.17, 15) is 14.7 Å². The molecule has 1 aromatic heterocycles. The van der Waals surface area contributed by atoms with Crippen LogP contribution in [0.25, 0.3) is 33.1 Å². The van der Waals surface area contributed by atoms with Crippen molar-refractivity contribution in [1.29, 1.82) is 0 Å². The van der Waals surface area contributed by atoms with Crippen LogP contribution < -0.4 is 4.74 Å². The van der Waals surface area contributed by atoms with Gasteiger partial charge in [-0.05, 0) is 75.3 Å². The van der Waals surface area contributed by atoms with Gasteiger partial charge in [-0.15, -0.1) is 0 Å². The third-order valence-electron chi connectivity index (χ3n) is 7.19. The van der Waals surface area contributed by atoms with E-state index in [0.29, 0.717) is 41.2 Å².